The Morgan fingerprint density at radius 1 is 1.22 bits per heavy atom. The molecular formula is C8H12O. The molecule has 0 aliphatic carbocycles. The highest BCUT2D eigenvalue weighted by Gasteiger charge is 1.67. The van der Waals surface area contributed by atoms with Crippen molar-refractivity contribution in [3.63, 3.8) is 0 Å². The maximum atomic E-state index is 9.76. The number of rotatable bonds is 4. The van der Waals surface area contributed by atoms with Crippen LogP contribution in [0.3, 0.4) is 0 Å². The number of carbonyl (C=O) groups is 1. The first-order chi connectivity index (χ1) is 4.41. The molecule has 0 radical (unpaired) electrons. The fraction of sp³-hybridized carbons (Fsp3) is 0.375. The number of hydrogen-bond donors (Lipinski definition) is 0. The van der Waals surface area contributed by atoms with Crippen LogP contribution < -0.4 is 0 Å². The van der Waals surface area contributed by atoms with Gasteiger partial charge in [-0.2, -0.15) is 0 Å². The zero-order chi connectivity index (χ0) is 6.95. The normalized spacial score (nSPS) is 11.2. The molecule has 0 aliphatic rings. The van der Waals surface area contributed by atoms with Gasteiger partial charge >= 0.3 is 0 Å². The van der Waals surface area contributed by atoms with Crippen molar-refractivity contribution < 1.29 is 4.79 Å². The average molecular weight is 124 g/mol. The second-order valence-corrected chi connectivity index (χ2v) is 1.67. The Bertz CT molecular complexity index is 112. The van der Waals surface area contributed by atoms with Gasteiger partial charge in [0, 0.05) is 6.42 Å². The van der Waals surface area contributed by atoms with Crippen molar-refractivity contribution in [1.29, 1.82) is 0 Å². The number of aldehydes is 1. The molecule has 0 atom stereocenters. The van der Waals surface area contributed by atoms with Crippen LogP contribution in [-0.4, -0.2) is 6.29 Å². The van der Waals surface area contributed by atoms with E-state index >= 15 is 0 Å². The smallest absolute Gasteiger partial charge is 0.123 e. The minimum atomic E-state index is 0.522. The van der Waals surface area contributed by atoms with Crippen molar-refractivity contribution in [3.8, 4) is 0 Å². The lowest BCUT2D eigenvalue weighted by Crippen LogP contribution is -1.63. The lowest BCUT2D eigenvalue weighted by molar-refractivity contribution is -0.107. The highest BCUT2D eigenvalue weighted by molar-refractivity contribution is 5.51. The Kier molecular flexibility index (Phi) is 6.47. The monoisotopic (exact) mass is 124 g/mol. The molecule has 0 heterocycles. The molecule has 0 spiro atoms. The van der Waals surface area contributed by atoms with Crippen LogP contribution in [0.4, 0.5) is 0 Å². The summed E-state index contributed by atoms with van der Waals surface area (Å²) in [6.45, 7) is 2.07. The minimum Gasteiger partial charge on any atom is -0.303 e. The maximum absolute atomic E-state index is 9.76. The van der Waals surface area contributed by atoms with Gasteiger partial charge in [0.15, 0.2) is 0 Å². The van der Waals surface area contributed by atoms with Crippen molar-refractivity contribution >= 4 is 6.29 Å². The number of hydrogen-bond acceptors (Lipinski definition) is 1. The zero-order valence-electron chi connectivity index (χ0n) is 5.71. The predicted molar refractivity (Wildman–Crippen MR) is 39.3 cm³/mol. The molecule has 0 aromatic carbocycles. The highest BCUT2D eigenvalue weighted by atomic mass is 16.1. The quantitative estimate of drug-likeness (QED) is 0.414. The molecule has 0 saturated carbocycles. The van der Waals surface area contributed by atoms with E-state index in [1.54, 1.807) is 0 Å². The van der Waals surface area contributed by atoms with Crippen LogP contribution in [0.25, 0.3) is 0 Å². The lowest BCUT2D eigenvalue weighted by Gasteiger charge is -1.74. The van der Waals surface area contributed by atoms with Crippen LogP contribution in [0.5, 0.6) is 0 Å². The lowest BCUT2D eigenvalue weighted by atomic mass is 10.3. The molecule has 0 fully saturated rings. The van der Waals surface area contributed by atoms with Crippen molar-refractivity contribution in [1.82, 2.24) is 0 Å². The first-order valence-electron chi connectivity index (χ1n) is 3.17. The van der Waals surface area contributed by atoms with Crippen LogP contribution >= 0.6 is 0 Å². The third kappa shape index (κ3) is 7.15. The summed E-state index contributed by atoms with van der Waals surface area (Å²) in [6.07, 6.45) is 10.2. The van der Waals surface area contributed by atoms with Gasteiger partial charge in [-0.1, -0.05) is 31.2 Å². The van der Waals surface area contributed by atoms with Gasteiger partial charge in [-0.05, 0) is 6.42 Å². The second kappa shape index (κ2) is 7.15. The summed E-state index contributed by atoms with van der Waals surface area (Å²) in [5, 5.41) is 0. The molecule has 0 N–H and O–H groups in total. The van der Waals surface area contributed by atoms with Gasteiger partial charge in [-0.3, -0.25) is 0 Å². The van der Waals surface area contributed by atoms with E-state index in [1.807, 2.05) is 24.3 Å². The van der Waals surface area contributed by atoms with Gasteiger partial charge in [0.25, 0.3) is 0 Å². The Hall–Kier alpha value is -0.850. The van der Waals surface area contributed by atoms with E-state index < -0.39 is 0 Å². The largest absolute Gasteiger partial charge is 0.303 e. The Labute approximate surface area is 56.1 Å². The standard InChI is InChI=1S/C8H12O/c1-2-3-4-5-6-7-8-9/h3-6,8H,2,7H2,1H3/b4-3+,6-5+. The third-order valence-corrected chi connectivity index (χ3v) is 0.851. The van der Waals surface area contributed by atoms with Crippen LogP contribution in [0, 0.1) is 0 Å². The Balaban J connectivity index is 3.23. The zero-order valence-corrected chi connectivity index (χ0v) is 5.71. The number of allylic oxidation sites excluding steroid dienone is 4. The molecule has 0 aromatic heterocycles. The van der Waals surface area contributed by atoms with Gasteiger partial charge in [-0.25, -0.2) is 0 Å². The van der Waals surface area contributed by atoms with Gasteiger partial charge in [0.1, 0.15) is 6.29 Å². The van der Waals surface area contributed by atoms with Crippen LogP contribution in [0.15, 0.2) is 24.3 Å². The van der Waals surface area contributed by atoms with Crippen molar-refractivity contribution in [3.05, 3.63) is 24.3 Å². The molecule has 1 heteroatoms. The molecular weight excluding hydrogens is 112 g/mol. The molecule has 9 heavy (non-hydrogen) atoms. The average Bonchev–Trinajstić information content (AvgIpc) is 1.89. The summed E-state index contributed by atoms with van der Waals surface area (Å²) >= 11 is 0. The first kappa shape index (κ1) is 8.15. The summed E-state index contributed by atoms with van der Waals surface area (Å²) in [5.74, 6) is 0. The molecule has 1 nitrogen and oxygen atoms in total. The third-order valence-electron chi connectivity index (χ3n) is 0.851. The minimum absolute atomic E-state index is 0.522. The topological polar surface area (TPSA) is 17.1 Å². The summed E-state index contributed by atoms with van der Waals surface area (Å²) in [7, 11) is 0. The summed E-state index contributed by atoms with van der Waals surface area (Å²) in [6, 6.07) is 0. The van der Waals surface area contributed by atoms with E-state index in [0.29, 0.717) is 6.42 Å². The van der Waals surface area contributed by atoms with Gasteiger partial charge < -0.3 is 4.79 Å². The van der Waals surface area contributed by atoms with E-state index in [4.69, 9.17) is 0 Å². The van der Waals surface area contributed by atoms with Crippen LogP contribution in [-0.2, 0) is 4.79 Å². The van der Waals surface area contributed by atoms with E-state index in [9.17, 15) is 4.79 Å². The number of carbonyl (C=O) groups excluding carboxylic acids is 1. The van der Waals surface area contributed by atoms with Crippen molar-refractivity contribution in [2.24, 2.45) is 0 Å². The predicted octanol–water partition coefficient (Wildman–Crippen LogP) is 2.10. The molecule has 0 saturated heterocycles. The molecule has 0 bridgehead atoms. The molecule has 0 amide bonds. The fourth-order valence-electron chi connectivity index (χ4n) is 0.427. The maximum Gasteiger partial charge on any atom is 0.123 e. The van der Waals surface area contributed by atoms with Crippen LogP contribution in [0.1, 0.15) is 19.8 Å². The molecule has 50 valence electrons. The Morgan fingerprint density at radius 3 is 2.44 bits per heavy atom. The first-order valence-corrected chi connectivity index (χ1v) is 3.17. The SMILES string of the molecule is CC/C=C/C=C/CC=O. The molecule has 0 aliphatic heterocycles. The van der Waals surface area contributed by atoms with E-state index in [-0.39, 0.29) is 0 Å². The second-order valence-electron chi connectivity index (χ2n) is 1.67. The fourth-order valence-corrected chi connectivity index (χ4v) is 0.427. The molecule has 0 aromatic rings. The van der Waals surface area contributed by atoms with Crippen molar-refractivity contribution in [2.45, 2.75) is 19.8 Å². The summed E-state index contributed by atoms with van der Waals surface area (Å²) < 4.78 is 0. The van der Waals surface area contributed by atoms with E-state index in [2.05, 4.69) is 6.92 Å². The van der Waals surface area contributed by atoms with E-state index in [1.165, 1.54) is 0 Å². The van der Waals surface area contributed by atoms with Gasteiger partial charge in [0.05, 0.1) is 0 Å². The van der Waals surface area contributed by atoms with Crippen LogP contribution in [0.2, 0.25) is 0 Å². The van der Waals surface area contributed by atoms with E-state index in [0.717, 1.165) is 12.7 Å². The summed E-state index contributed by atoms with van der Waals surface area (Å²) in [4.78, 5) is 9.76. The van der Waals surface area contributed by atoms with Gasteiger partial charge in [-0.15, -0.1) is 0 Å². The summed E-state index contributed by atoms with van der Waals surface area (Å²) in [5.41, 5.74) is 0. The molecule has 0 rings (SSSR count). The Morgan fingerprint density at radius 2 is 1.89 bits per heavy atom. The van der Waals surface area contributed by atoms with Crippen molar-refractivity contribution in [2.75, 3.05) is 0 Å². The van der Waals surface area contributed by atoms with Gasteiger partial charge in [0.2, 0.25) is 0 Å². The molecule has 0 unspecified atom stereocenters. The highest BCUT2D eigenvalue weighted by Crippen LogP contribution is 1.82.